The lowest BCUT2D eigenvalue weighted by Crippen LogP contribution is -2.22. The molecule has 112 valence electrons. The van der Waals surface area contributed by atoms with E-state index in [1.54, 1.807) is 12.4 Å². The molecule has 2 rings (SSSR count). The largest absolute Gasteiger partial charge is 0.345 e. The van der Waals surface area contributed by atoms with Crippen LogP contribution < -0.4 is 5.32 Å². The van der Waals surface area contributed by atoms with Crippen molar-refractivity contribution in [1.29, 1.82) is 0 Å². The fourth-order valence-electron chi connectivity index (χ4n) is 2.04. The van der Waals surface area contributed by atoms with Gasteiger partial charge in [-0.3, -0.25) is 9.78 Å². The van der Waals surface area contributed by atoms with E-state index in [1.165, 1.54) is 11.1 Å². The molecule has 0 aliphatic rings. The predicted molar refractivity (Wildman–Crippen MR) is 88.3 cm³/mol. The zero-order valence-corrected chi connectivity index (χ0v) is 12.8. The molecule has 0 spiro atoms. The zero-order chi connectivity index (χ0) is 15.6. The van der Waals surface area contributed by atoms with Crippen molar-refractivity contribution in [3.8, 4) is 11.8 Å². The van der Waals surface area contributed by atoms with Gasteiger partial charge in [-0.2, -0.15) is 0 Å². The first-order chi connectivity index (χ1) is 10.8. The van der Waals surface area contributed by atoms with E-state index in [2.05, 4.69) is 29.1 Å². The van der Waals surface area contributed by atoms with Gasteiger partial charge in [-0.15, -0.1) is 0 Å². The molecule has 1 aromatic heterocycles. The van der Waals surface area contributed by atoms with E-state index in [1.807, 2.05) is 36.4 Å². The summed E-state index contributed by atoms with van der Waals surface area (Å²) in [7, 11) is 0. The Bertz CT molecular complexity index is 651. The number of hydrogen-bond acceptors (Lipinski definition) is 2. The Balaban J connectivity index is 1.72. The monoisotopic (exact) mass is 292 g/mol. The van der Waals surface area contributed by atoms with Gasteiger partial charge in [0, 0.05) is 30.4 Å². The lowest BCUT2D eigenvalue weighted by molar-refractivity contribution is -0.115. The summed E-state index contributed by atoms with van der Waals surface area (Å²) in [6.07, 6.45) is 6.38. The number of benzene rings is 1. The summed E-state index contributed by atoms with van der Waals surface area (Å²) in [5, 5.41) is 2.82. The van der Waals surface area contributed by atoms with E-state index in [9.17, 15) is 4.79 Å². The minimum Gasteiger partial charge on any atom is -0.345 e. The van der Waals surface area contributed by atoms with E-state index in [0.717, 1.165) is 24.8 Å². The number of nitrogens with one attached hydrogen (secondary N) is 1. The lowest BCUT2D eigenvalue weighted by atomic mass is 10.1. The Morgan fingerprint density at radius 2 is 1.82 bits per heavy atom. The van der Waals surface area contributed by atoms with Gasteiger partial charge < -0.3 is 5.32 Å². The highest BCUT2D eigenvalue weighted by molar-refractivity contribution is 5.94. The number of carbonyl (C=O) groups is 1. The van der Waals surface area contributed by atoms with Crippen LogP contribution in [0.4, 0.5) is 0 Å². The van der Waals surface area contributed by atoms with Crippen LogP contribution in [0.2, 0.25) is 0 Å². The molecule has 1 amide bonds. The van der Waals surface area contributed by atoms with Gasteiger partial charge in [0.15, 0.2) is 0 Å². The van der Waals surface area contributed by atoms with Crippen LogP contribution in [0.5, 0.6) is 0 Å². The average molecular weight is 292 g/mol. The lowest BCUT2D eigenvalue weighted by Gasteiger charge is -2.01. The van der Waals surface area contributed by atoms with Crippen molar-refractivity contribution in [2.75, 3.05) is 6.54 Å². The third kappa shape index (κ3) is 5.41. The summed E-state index contributed by atoms with van der Waals surface area (Å²) in [6, 6.07) is 11.9. The maximum Gasteiger partial charge on any atom is 0.296 e. The molecule has 0 fully saturated rings. The molecule has 0 unspecified atom stereocenters. The Morgan fingerprint density at radius 1 is 1.09 bits per heavy atom. The van der Waals surface area contributed by atoms with Crippen molar-refractivity contribution in [3.05, 3.63) is 65.5 Å². The Kier molecular flexibility index (Phi) is 6.19. The van der Waals surface area contributed by atoms with E-state index in [0.29, 0.717) is 6.54 Å². The molecular formula is C19H20N2O. The number of aromatic nitrogens is 1. The van der Waals surface area contributed by atoms with E-state index in [4.69, 9.17) is 0 Å². The van der Waals surface area contributed by atoms with Crippen LogP contribution in [0, 0.1) is 11.8 Å². The normalized spacial score (nSPS) is 9.68. The number of amides is 1. The second-order valence-electron chi connectivity index (χ2n) is 5.02. The highest BCUT2D eigenvalue weighted by atomic mass is 16.1. The van der Waals surface area contributed by atoms with Crippen molar-refractivity contribution < 1.29 is 4.79 Å². The fourth-order valence-corrected chi connectivity index (χ4v) is 2.04. The fraction of sp³-hybridized carbons (Fsp3) is 0.263. The smallest absolute Gasteiger partial charge is 0.296 e. The number of aryl methyl sites for hydroxylation is 2. The van der Waals surface area contributed by atoms with Gasteiger partial charge in [-0.05, 0) is 54.7 Å². The van der Waals surface area contributed by atoms with Gasteiger partial charge in [0.1, 0.15) is 0 Å². The summed E-state index contributed by atoms with van der Waals surface area (Å²) in [6.45, 7) is 2.74. The first-order valence-electron chi connectivity index (χ1n) is 7.55. The summed E-state index contributed by atoms with van der Waals surface area (Å²) < 4.78 is 0. The molecule has 0 atom stereocenters. The van der Waals surface area contributed by atoms with Gasteiger partial charge in [0.25, 0.3) is 5.91 Å². The summed E-state index contributed by atoms with van der Waals surface area (Å²) >= 11 is 0. The van der Waals surface area contributed by atoms with Crippen molar-refractivity contribution in [2.24, 2.45) is 0 Å². The van der Waals surface area contributed by atoms with Gasteiger partial charge in [0.2, 0.25) is 0 Å². The molecule has 1 N–H and O–H groups in total. The number of nitrogens with zero attached hydrogens (tertiary/aromatic N) is 1. The topological polar surface area (TPSA) is 42.0 Å². The molecule has 0 aliphatic carbocycles. The second kappa shape index (κ2) is 8.63. The highest BCUT2D eigenvalue weighted by Crippen LogP contribution is 2.03. The number of carbonyl (C=O) groups excluding carboxylic acids is 1. The molecule has 1 aromatic carbocycles. The van der Waals surface area contributed by atoms with Crippen LogP contribution in [-0.4, -0.2) is 17.4 Å². The maximum absolute atomic E-state index is 11.7. The third-order valence-electron chi connectivity index (χ3n) is 3.36. The van der Waals surface area contributed by atoms with Crippen molar-refractivity contribution >= 4 is 5.91 Å². The molecule has 0 radical (unpaired) electrons. The average Bonchev–Trinajstić information content (AvgIpc) is 2.58. The molecule has 22 heavy (non-hydrogen) atoms. The molecule has 0 saturated carbocycles. The van der Waals surface area contributed by atoms with Crippen LogP contribution in [0.3, 0.4) is 0 Å². The summed E-state index contributed by atoms with van der Waals surface area (Å²) in [5.74, 6) is 5.28. The maximum atomic E-state index is 11.7. The molecule has 0 bridgehead atoms. The van der Waals surface area contributed by atoms with E-state index in [-0.39, 0.29) is 5.91 Å². The number of rotatable bonds is 5. The summed E-state index contributed by atoms with van der Waals surface area (Å²) in [5.41, 5.74) is 3.36. The quantitative estimate of drug-likeness (QED) is 0.680. The zero-order valence-electron chi connectivity index (χ0n) is 12.8. The molecule has 3 nitrogen and oxygen atoms in total. The number of hydrogen-bond donors (Lipinski definition) is 1. The minimum absolute atomic E-state index is 0.228. The molecule has 0 saturated heterocycles. The molecule has 2 aromatic rings. The highest BCUT2D eigenvalue weighted by Gasteiger charge is 1.96. The Hall–Kier alpha value is -2.60. The van der Waals surface area contributed by atoms with Crippen LogP contribution in [-0.2, 0) is 17.6 Å². The van der Waals surface area contributed by atoms with Crippen molar-refractivity contribution in [3.63, 3.8) is 0 Å². The van der Waals surface area contributed by atoms with Crippen LogP contribution in [0.15, 0.2) is 48.8 Å². The minimum atomic E-state index is -0.228. The van der Waals surface area contributed by atoms with Gasteiger partial charge in [-0.25, -0.2) is 0 Å². The van der Waals surface area contributed by atoms with Crippen molar-refractivity contribution in [1.82, 2.24) is 10.3 Å². The Morgan fingerprint density at radius 3 is 2.50 bits per heavy atom. The van der Waals surface area contributed by atoms with Gasteiger partial charge in [-0.1, -0.05) is 25.0 Å². The standard InChI is InChI=1S/C19H20N2O/c1-2-16-5-7-18(8-6-16)9-10-19(22)21-13-3-4-17-11-14-20-15-12-17/h5-8,11-12,14-15H,2-4,13H2,1H3,(H,21,22). The Labute approximate surface area is 131 Å². The van der Waals surface area contributed by atoms with Crippen LogP contribution >= 0.6 is 0 Å². The summed E-state index contributed by atoms with van der Waals surface area (Å²) in [4.78, 5) is 15.6. The van der Waals surface area contributed by atoms with E-state index >= 15 is 0 Å². The van der Waals surface area contributed by atoms with Crippen LogP contribution in [0.25, 0.3) is 0 Å². The third-order valence-corrected chi connectivity index (χ3v) is 3.36. The molecular weight excluding hydrogens is 272 g/mol. The molecule has 0 aliphatic heterocycles. The predicted octanol–water partition coefficient (Wildman–Crippen LogP) is 2.74. The SMILES string of the molecule is CCc1ccc(C#CC(=O)NCCCc2ccncc2)cc1. The first kappa shape index (κ1) is 15.8. The molecule has 1 heterocycles. The van der Waals surface area contributed by atoms with Gasteiger partial charge in [0.05, 0.1) is 0 Å². The van der Waals surface area contributed by atoms with Crippen LogP contribution in [0.1, 0.15) is 30.0 Å². The van der Waals surface area contributed by atoms with E-state index < -0.39 is 0 Å². The number of pyridine rings is 1. The molecule has 3 heteroatoms. The van der Waals surface area contributed by atoms with Gasteiger partial charge >= 0.3 is 0 Å². The second-order valence-corrected chi connectivity index (χ2v) is 5.02. The van der Waals surface area contributed by atoms with Crippen molar-refractivity contribution in [2.45, 2.75) is 26.2 Å². The first-order valence-corrected chi connectivity index (χ1v) is 7.55.